The third-order valence-corrected chi connectivity index (χ3v) is 19.5. The highest BCUT2D eigenvalue weighted by molar-refractivity contribution is 6.04. The van der Waals surface area contributed by atoms with Crippen LogP contribution in [0.5, 0.6) is 0 Å². The average molecular weight is 1260 g/mol. The summed E-state index contributed by atoms with van der Waals surface area (Å²) in [7, 11) is 0. The van der Waals surface area contributed by atoms with Crippen molar-refractivity contribution in [1.82, 2.24) is 24.9 Å². The van der Waals surface area contributed by atoms with Crippen LogP contribution in [0, 0.1) is 11.3 Å². The molecule has 464 valence electrons. The minimum atomic E-state index is -0.359. The molecule has 14 aromatic carbocycles. The molecule has 1 atom stereocenters. The maximum atomic E-state index is 9.40. The number of rotatable bonds is 14. The number of benzene rings is 14. The Labute approximate surface area is 576 Å². The Hall–Kier alpha value is -13.1. The third kappa shape index (κ3) is 11.5. The van der Waals surface area contributed by atoms with E-state index in [1.165, 1.54) is 55.3 Å². The molecule has 0 amide bonds. The highest BCUT2D eigenvalue weighted by Gasteiger charge is 2.40. The summed E-state index contributed by atoms with van der Waals surface area (Å²) in [6, 6.07) is 124. The highest BCUT2D eigenvalue weighted by atomic mass is 15.0. The molecule has 2 aromatic heterocycles. The monoisotopic (exact) mass is 1260 g/mol. The van der Waals surface area contributed by atoms with Gasteiger partial charge in [0.05, 0.1) is 23.0 Å². The summed E-state index contributed by atoms with van der Waals surface area (Å²) < 4.78 is 0. The number of hydrogen-bond acceptors (Lipinski definition) is 6. The lowest BCUT2D eigenvalue weighted by molar-refractivity contribution is 0.583. The lowest BCUT2D eigenvalue weighted by Crippen LogP contribution is -2.24. The van der Waals surface area contributed by atoms with E-state index in [1.54, 1.807) is 0 Å². The molecule has 1 aliphatic carbocycles. The van der Waals surface area contributed by atoms with E-state index in [0.717, 1.165) is 101 Å². The zero-order valence-corrected chi connectivity index (χ0v) is 54.3. The summed E-state index contributed by atoms with van der Waals surface area (Å²) in [5.41, 5.74) is 27.8. The molecule has 1 unspecified atom stereocenters. The van der Waals surface area contributed by atoms with Crippen molar-refractivity contribution in [3.63, 3.8) is 0 Å². The lowest BCUT2D eigenvalue weighted by atomic mass is 9.75. The largest absolute Gasteiger partial charge is 0.228 e. The minimum absolute atomic E-state index is 0.359. The molecule has 99 heavy (non-hydrogen) atoms. The third-order valence-electron chi connectivity index (χ3n) is 19.5. The molecule has 17 rings (SSSR count). The molecule has 0 saturated carbocycles. The van der Waals surface area contributed by atoms with Gasteiger partial charge in [-0.05, 0) is 142 Å². The molecule has 0 bridgehead atoms. The normalized spacial score (nSPS) is 13.0. The molecule has 0 fully saturated rings. The van der Waals surface area contributed by atoms with Crippen LogP contribution in [0.25, 0.3) is 157 Å². The fraction of sp³-hybridized carbons (Fsp3) is 0.0323. The number of nitriles is 1. The fourth-order valence-corrected chi connectivity index (χ4v) is 14.5. The van der Waals surface area contributed by atoms with Gasteiger partial charge in [0, 0.05) is 38.8 Å². The van der Waals surface area contributed by atoms with Gasteiger partial charge in [-0.25, -0.2) is 24.9 Å². The molecule has 0 spiro atoms. The Morgan fingerprint density at radius 3 is 1.32 bits per heavy atom. The van der Waals surface area contributed by atoms with Gasteiger partial charge in [0.15, 0.2) is 23.3 Å². The van der Waals surface area contributed by atoms with Gasteiger partial charge in [-0.2, -0.15) is 5.26 Å². The van der Waals surface area contributed by atoms with Crippen LogP contribution in [0.4, 0.5) is 0 Å². The fourth-order valence-electron chi connectivity index (χ4n) is 14.5. The number of nitrogens with zero attached hydrogens (tertiary/aromatic N) is 6. The molecule has 0 radical (unpaired) electrons. The van der Waals surface area contributed by atoms with Crippen molar-refractivity contribution in [2.24, 2.45) is 0 Å². The lowest BCUT2D eigenvalue weighted by Gasteiger charge is -2.28. The molecule has 1 aliphatic rings. The van der Waals surface area contributed by atoms with Gasteiger partial charge in [0.1, 0.15) is 0 Å². The summed E-state index contributed by atoms with van der Waals surface area (Å²) in [5.74, 6) is 2.51. The highest BCUT2D eigenvalue weighted by Crippen LogP contribution is 2.54. The number of fused-ring (bicyclic) bond motifs is 4. The van der Waals surface area contributed by atoms with Crippen molar-refractivity contribution in [3.05, 3.63) is 368 Å². The Balaban J connectivity index is 0.667. The minimum Gasteiger partial charge on any atom is -0.228 e. The van der Waals surface area contributed by atoms with Gasteiger partial charge in [-0.15, -0.1) is 0 Å². The van der Waals surface area contributed by atoms with E-state index in [0.29, 0.717) is 28.9 Å². The average Bonchev–Trinajstić information content (AvgIpc) is 1.58. The van der Waals surface area contributed by atoms with E-state index in [9.17, 15) is 5.26 Å². The Kier molecular flexibility index (Phi) is 15.4. The molecule has 6 nitrogen and oxygen atoms in total. The SMILES string of the molecule is CC1(Cc2cccc(-c3nc(-c4ccccc4)nc(-c4ccc(-c5ccc6ccccc6c5-c5ccc(-c6ccc(C#N)cc6)cc5)cc4)n3)c2)c2ccccc2-c2c(-c3cccc(-c4ccc(-c5cc(-c6ccc(-c7ccccc7)cc6)nc(-c6ccccc6)n5)cc4)c3)cccc21. The summed E-state index contributed by atoms with van der Waals surface area (Å²) >= 11 is 0. The standard InChI is InChI=1S/C93H62N6/c1-93(59-62-18-15-28-78(56-62)92-98-90(74-24-9-4-10-25-74)97-91(99-92)75-52-44-69(45-53-75)81-55-54-68-21-11-12-29-79(68)87(81)72-50-42-66(43-51-72)64-36-34-61(60-94)35-37-64)83-32-14-13-30-82(83)88-80(31-17-33-84(88)93)77-27-16-26-76(57-77)67-40-48-71(49-41-67)86-58-85(95-89(96-86)73-22-7-3-8-23-73)70-46-38-65(39-47-70)63-19-5-2-6-20-63/h2-58H,59H2,1H3. The molecule has 16 aromatic rings. The van der Waals surface area contributed by atoms with Crippen molar-refractivity contribution in [2.45, 2.75) is 18.8 Å². The van der Waals surface area contributed by atoms with E-state index in [1.807, 2.05) is 66.7 Å². The Morgan fingerprint density at radius 1 is 0.273 bits per heavy atom. The van der Waals surface area contributed by atoms with E-state index >= 15 is 0 Å². The van der Waals surface area contributed by atoms with Crippen molar-refractivity contribution < 1.29 is 0 Å². The van der Waals surface area contributed by atoms with Crippen LogP contribution in [0.15, 0.2) is 346 Å². The van der Waals surface area contributed by atoms with Crippen LogP contribution < -0.4 is 0 Å². The molecule has 0 N–H and O–H groups in total. The van der Waals surface area contributed by atoms with Crippen LogP contribution in [0.1, 0.15) is 29.2 Å². The predicted octanol–water partition coefficient (Wildman–Crippen LogP) is 23.2. The van der Waals surface area contributed by atoms with E-state index < -0.39 is 0 Å². The first kappa shape index (κ1) is 59.6. The topological polar surface area (TPSA) is 88.2 Å². The van der Waals surface area contributed by atoms with Crippen LogP contribution in [0.2, 0.25) is 0 Å². The van der Waals surface area contributed by atoms with Crippen molar-refractivity contribution in [3.8, 4) is 152 Å². The van der Waals surface area contributed by atoms with Crippen LogP contribution in [0.3, 0.4) is 0 Å². The van der Waals surface area contributed by atoms with Gasteiger partial charge in [-0.1, -0.05) is 322 Å². The zero-order valence-electron chi connectivity index (χ0n) is 54.3. The molecular weight excluding hydrogens is 1200 g/mol. The first-order valence-electron chi connectivity index (χ1n) is 33.5. The Morgan fingerprint density at radius 2 is 0.687 bits per heavy atom. The number of aromatic nitrogens is 5. The maximum absolute atomic E-state index is 9.40. The van der Waals surface area contributed by atoms with Crippen molar-refractivity contribution in [1.29, 1.82) is 5.26 Å². The molecular formula is C93H62N6. The van der Waals surface area contributed by atoms with Gasteiger partial charge in [0.2, 0.25) is 0 Å². The summed E-state index contributed by atoms with van der Waals surface area (Å²) in [4.78, 5) is 26.0. The Bertz CT molecular complexity index is 5730. The molecule has 0 saturated heterocycles. The van der Waals surface area contributed by atoms with E-state index in [-0.39, 0.29) is 5.41 Å². The first-order chi connectivity index (χ1) is 48.8. The van der Waals surface area contributed by atoms with Gasteiger partial charge in [-0.3, -0.25) is 0 Å². The molecule has 0 aliphatic heterocycles. The number of hydrogen-bond donors (Lipinski definition) is 0. The quantitative estimate of drug-likeness (QED) is 0.108. The zero-order chi connectivity index (χ0) is 66.2. The van der Waals surface area contributed by atoms with Gasteiger partial charge < -0.3 is 0 Å². The summed E-state index contributed by atoms with van der Waals surface area (Å²) in [5, 5.41) is 11.8. The van der Waals surface area contributed by atoms with Crippen molar-refractivity contribution in [2.75, 3.05) is 0 Å². The second kappa shape index (κ2) is 25.6. The van der Waals surface area contributed by atoms with Crippen molar-refractivity contribution >= 4 is 10.8 Å². The second-order valence-corrected chi connectivity index (χ2v) is 25.6. The van der Waals surface area contributed by atoms with Gasteiger partial charge in [0.25, 0.3) is 0 Å². The second-order valence-electron chi connectivity index (χ2n) is 25.6. The first-order valence-corrected chi connectivity index (χ1v) is 33.5. The molecule has 2 heterocycles. The van der Waals surface area contributed by atoms with Crippen LogP contribution >= 0.6 is 0 Å². The van der Waals surface area contributed by atoms with E-state index in [4.69, 9.17) is 24.9 Å². The van der Waals surface area contributed by atoms with Crippen LogP contribution in [-0.2, 0) is 11.8 Å². The summed E-state index contributed by atoms with van der Waals surface area (Å²) in [6.07, 6.45) is 0.755. The van der Waals surface area contributed by atoms with Gasteiger partial charge >= 0.3 is 0 Å². The van der Waals surface area contributed by atoms with Crippen LogP contribution in [-0.4, -0.2) is 24.9 Å². The predicted molar refractivity (Wildman–Crippen MR) is 405 cm³/mol. The maximum Gasteiger partial charge on any atom is 0.164 e. The van der Waals surface area contributed by atoms with E-state index in [2.05, 4.69) is 292 Å². The molecule has 6 heteroatoms. The smallest absolute Gasteiger partial charge is 0.164 e. The summed E-state index contributed by atoms with van der Waals surface area (Å²) in [6.45, 7) is 2.41.